The number of benzene rings is 3. The van der Waals surface area contributed by atoms with Crippen LogP contribution in [-0.4, -0.2) is 36.2 Å². The first kappa shape index (κ1) is 22.0. The fourth-order valence-corrected chi connectivity index (χ4v) is 4.36. The van der Waals surface area contributed by atoms with Gasteiger partial charge >= 0.3 is 0 Å². The lowest BCUT2D eigenvalue weighted by Gasteiger charge is -2.31. The molecule has 1 saturated heterocycles. The van der Waals surface area contributed by atoms with Gasteiger partial charge in [-0.15, -0.1) is 0 Å². The molecule has 0 radical (unpaired) electrons. The zero-order chi connectivity index (χ0) is 22.3. The molecule has 0 spiro atoms. The maximum atomic E-state index is 12.6. The Morgan fingerprint density at radius 1 is 0.844 bits per heavy atom. The van der Waals surface area contributed by atoms with Gasteiger partial charge < -0.3 is 5.32 Å². The molecule has 4 rings (SSSR count). The zero-order valence-corrected chi connectivity index (χ0v) is 18.5. The SMILES string of the molecule is CC(NC(=O)CN1CCC(C(=O)c2ccccc2)CC1)c1ccc(-c2ccccc2)cc1. The summed E-state index contributed by atoms with van der Waals surface area (Å²) in [4.78, 5) is 27.4. The number of carbonyl (C=O) groups is 2. The molecule has 3 aromatic rings. The van der Waals surface area contributed by atoms with Gasteiger partial charge in [0.05, 0.1) is 12.6 Å². The van der Waals surface area contributed by atoms with Crippen LogP contribution in [0.25, 0.3) is 11.1 Å². The molecule has 1 atom stereocenters. The summed E-state index contributed by atoms with van der Waals surface area (Å²) < 4.78 is 0. The molecule has 0 saturated carbocycles. The maximum Gasteiger partial charge on any atom is 0.234 e. The average molecular weight is 427 g/mol. The molecule has 4 nitrogen and oxygen atoms in total. The second-order valence-electron chi connectivity index (χ2n) is 8.56. The lowest BCUT2D eigenvalue weighted by Crippen LogP contribution is -2.43. The van der Waals surface area contributed by atoms with Crippen LogP contribution in [0, 0.1) is 5.92 Å². The van der Waals surface area contributed by atoms with Crippen molar-refractivity contribution in [2.75, 3.05) is 19.6 Å². The number of nitrogens with one attached hydrogen (secondary N) is 1. The molecule has 3 aromatic carbocycles. The Kier molecular flexibility index (Phi) is 7.13. The number of piperidine rings is 1. The molecule has 164 valence electrons. The number of carbonyl (C=O) groups excluding carboxylic acids is 2. The van der Waals surface area contributed by atoms with Crippen LogP contribution in [0.2, 0.25) is 0 Å². The second kappa shape index (κ2) is 10.4. The number of nitrogens with zero attached hydrogens (tertiary/aromatic N) is 1. The summed E-state index contributed by atoms with van der Waals surface area (Å²) in [5.74, 6) is 0.304. The minimum Gasteiger partial charge on any atom is -0.348 e. The van der Waals surface area contributed by atoms with Crippen molar-refractivity contribution in [3.8, 4) is 11.1 Å². The van der Waals surface area contributed by atoms with Gasteiger partial charge in [0.1, 0.15) is 0 Å². The van der Waals surface area contributed by atoms with Gasteiger partial charge in [-0.05, 0) is 49.5 Å². The second-order valence-corrected chi connectivity index (χ2v) is 8.56. The zero-order valence-electron chi connectivity index (χ0n) is 18.5. The van der Waals surface area contributed by atoms with E-state index in [0.717, 1.165) is 37.1 Å². The van der Waals surface area contributed by atoms with Crippen molar-refractivity contribution in [2.24, 2.45) is 5.92 Å². The Morgan fingerprint density at radius 2 is 1.41 bits per heavy atom. The molecule has 1 amide bonds. The number of rotatable bonds is 7. The summed E-state index contributed by atoms with van der Waals surface area (Å²) in [6.07, 6.45) is 1.61. The molecule has 1 N–H and O–H groups in total. The van der Waals surface area contributed by atoms with Crippen LogP contribution in [0.15, 0.2) is 84.9 Å². The third-order valence-electron chi connectivity index (χ3n) is 6.28. The van der Waals surface area contributed by atoms with Crippen molar-refractivity contribution in [3.05, 3.63) is 96.1 Å². The quantitative estimate of drug-likeness (QED) is 0.533. The number of hydrogen-bond donors (Lipinski definition) is 1. The number of amides is 1. The summed E-state index contributed by atoms with van der Waals surface area (Å²) >= 11 is 0. The predicted octanol–water partition coefficient (Wildman–Crippen LogP) is 5.13. The normalized spacial score (nSPS) is 15.8. The van der Waals surface area contributed by atoms with Gasteiger partial charge in [-0.1, -0.05) is 84.9 Å². The molecular weight excluding hydrogens is 396 g/mol. The number of hydrogen-bond acceptors (Lipinski definition) is 3. The fourth-order valence-electron chi connectivity index (χ4n) is 4.36. The van der Waals surface area contributed by atoms with Crippen LogP contribution in [0.4, 0.5) is 0 Å². The van der Waals surface area contributed by atoms with Gasteiger partial charge in [0.15, 0.2) is 5.78 Å². The molecular formula is C28H30N2O2. The van der Waals surface area contributed by atoms with E-state index in [2.05, 4.69) is 46.6 Å². The van der Waals surface area contributed by atoms with Gasteiger partial charge in [0.2, 0.25) is 5.91 Å². The molecule has 1 aliphatic heterocycles. The molecule has 1 aliphatic rings. The number of Topliss-reactive ketones (excluding diaryl/α,β-unsaturated/α-hetero) is 1. The smallest absolute Gasteiger partial charge is 0.234 e. The van der Waals surface area contributed by atoms with Crippen LogP contribution in [0.1, 0.15) is 41.7 Å². The summed E-state index contributed by atoms with van der Waals surface area (Å²) in [6.45, 7) is 3.94. The summed E-state index contributed by atoms with van der Waals surface area (Å²) in [5.41, 5.74) is 4.23. The highest BCUT2D eigenvalue weighted by atomic mass is 16.2. The Balaban J connectivity index is 1.25. The average Bonchev–Trinajstić information content (AvgIpc) is 2.85. The molecule has 0 bridgehead atoms. The highest BCUT2D eigenvalue weighted by Crippen LogP contribution is 2.23. The third-order valence-corrected chi connectivity index (χ3v) is 6.28. The lowest BCUT2D eigenvalue weighted by molar-refractivity contribution is -0.123. The third kappa shape index (κ3) is 5.51. The topological polar surface area (TPSA) is 49.4 Å². The highest BCUT2D eigenvalue weighted by Gasteiger charge is 2.26. The van der Waals surface area contributed by atoms with E-state index in [4.69, 9.17) is 0 Å². The van der Waals surface area contributed by atoms with E-state index < -0.39 is 0 Å². The number of ketones is 1. The van der Waals surface area contributed by atoms with E-state index in [1.54, 1.807) is 0 Å². The minimum absolute atomic E-state index is 0.0254. The first-order valence-electron chi connectivity index (χ1n) is 11.4. The predicted molar refractivity (Wildman–Crippen MR) is 128 cm³/mol. The molecule has 1 unspecified atom stereocenters. The number of likely N-dealkylation sites (tertiary alicyclic amines) is 1. The molecule has 1 fully saturated rings. The molecule has 32 heavy (non-hydrogen) atoms. The standard InChI is InChI=1S/C28H30N2O2/c1-21(22-12-14-24(15-13-22)23-8-4-2-5-9-23)29-27(31)20-30-18-16-26(17-19-30)28(32)25-10-6-3-7-11-25/h2-15,21,26H,16-20H2,1H3,(H,29,31). The molecule has 0 aliphatic carbocycles. The van der Waals surface area contributed by atoms with E-state index in [1.807, 2.05) is 55.5 Å². The largest absolute Gasteiger partial charge is 0.348 e. The van der Waals surface area contributed by atoms with E-state index in [-0.39, 0.29) is 23.7 Å². The van der Waals surface area contributed by atoms with E-state index in [1.165, 1.54) is 11.1 Å². The van der Waals surface area contributed by atoms with Crippen molar-refractivity contribution >= 4 is 11.7 Å². The minimum atomic E-state index is -0.0514. The van der Waals surface area contributed by atoms with Gasteiger partial charge in [-0.2, -0.15) is 0 Å². The van der Waals surface area contributed by atoms with E-state index in [0.29, 0.717) is 6.54 Å². The molecule has 1 heterocycles. The Hall–Kier alpha value is -3.24. The highest BCUT2D eigenvalue weighted by molar-refractivity contribution is 5.97. The molecule has 4 heteroatoms. The Bertz CT molecular complexity index is 1020. The fraction of sp³-hybridized carbons (Fsp3) is 0.286. The van der Waals surface area contributed by atoms with Crippen molar-refractivity contribution < 1.29 is 9.59 Å². The first-order chi connectivity index (χ1) is 15.6. The van der Waals surface area contributed by atoms with Crippen molar-refractivity contribution in [3.63, 3.8) is 0 Å². The monoisotopic (exact) mass is 426 g/mol. The Morgan fingerprint density at radius 3 is 2.03 bits per heavy atom. The van der Waals surface area contributed by atoms with Crippen molar-refractivity contribution in [1.82, 2.24) is 10.2 Å². The van der Waals surface area contributed by atoms with Gasteiger partial charge in [0.25, 0.3) is 0 Å². The van der Waals surface area contributed by atoms with Crippen LogP contribution >= 0.6 is 0 Å². The van der Waals surface area contributed by atoms with Gasteiger partial charge in [0, 0.05) is 11.5 Å². The van der Waals surface area contributed by atoms with Crippen molar-refractivity contribution in [2.45, 2.75) is 25.8 Å². The molecule has 0 aromatic heterocycles. The summed E-state index contributed by atoms with van der Waals surface area (Å²) in [5, 5.41) is 3.11. The van der Waals surface area contributed by atoms with Crippen LogP contribution in [0.5, 0.6) is 0 Å². The van der Waals surface area contributed by atoms with E-state index in [9.17, 15) is 9.59 Å². The van der Waals surface area contributed by atoms with Crippen LogP contribution in [-0.2, 0) is 4.79 Å². The lowest BCUT2D eigenvalue weighted by atomic mass is 9.89. The maximum absolute atomic E-state index is 12.6. The van der Waals surface area contributed by atoms with Crippen LogP contribution < -0.4 is 5.32 Å². The first-order valence-corrected chi connectivity index (χ1v) is 11.4. The van der Waals surface area contributed by atoms with Gasteiger partial charge in [-0.3, -0.25) is 14.5 Å². The Labute approximate surface area is 190 Å². The van der Waals surface area contributed by atoms with Crippen LogP contribution in [0.3, 0.4) is 0 Å². The van der Waals surface area contributed by atoms with Gasteiger partial charge in [-0.25, -0.2) is 0 Å². The summed E-state index contributed by atoms with van der Waals surface area (Å²) in [7, 11) is 0. The van der Waals surface area contributed by atoms with Crippen molar-refractivity contribution in [1.29, 1.82) is 0 Å². The van der Waals surface area contributed by atoms with E-state index >= 15 is 0 Å². The summed E-state index contributed by atoms with van der Waals surface area (Å²) in [6, 6.07) is 28.1.